The molecule has 0 amide bonds. The number of ether oxygens (including phenoxy) is 1. The van der Waals surface area contributed by atoms with Gasteiger partial charge < -0.3 is 15.4 Å². The zero-order valence-electron chi connectivity index (χ0n) is 8.92. The topological polar surface area (TPSA) is 50.8 Å². The summed E-state index contributed by atoms with van der Waals surface area (Å²) in [5.74, 6) is 0.623. The summed E-state index contributed by atoms with van der Waals surface area (Å²) in [6.45, 7) is 4.56. The highest BCUT2D eigenvalue weighted by Crippen LogP contribution is 1.89. The van der Waals surface area contributed by atoms with Crippen molar-refractivity contribution < 1.29 is 4.74 Å². The maximum absolute atomic E-state index is 5.72. The Hall–Kier alpha value is -0.770. The van der Waals surface area contributed by atoms with Crippen LogP contribution in [0.25, 0.3) is 0 Å². The number of guanidine groups is 1. The highest BCUT2D eigenvalue weighted by atomic mass is 16.5. The van der Waals surface area contributed by atoms with Gasteiger partial charge in [0.25, 0.3) is 0 Å². The standard InChI is InChI=1S/C9H21N3O/c1-4-6-11-9(10)12(2)7-5-8-13-3/h4-8H2,1-3H3,(H2,10,11). The summed E-state index contributed by atoms with van der Waals surface area (Å²) < 4.78 is 4.95. The number of methoxy groups -OCH3 is 1. The fourth-order valence-electron chi connectivity index (χ4n) is 0.908. The highest BCUT2D eigenvalue weighted by Gasteiger charge is 1.99. The Bertz CT molecular complexity index is 148. The van der Waals surface area contributed by atoms with Crippen molar-refractivity contribution in [1.29, 1.82) is 0 Å². The highest BCUT2D eigenvalue weighted by molar-refractivity contribution is 5.77. The van der Waals surface area contributed by atoms with Crippen molar-refractivity contribution in [1.82, 2.24) is 4.90 Å². The van der Waals surface area contributed by atoms with Gasteiger partial charge in [0.1, 0.15) is 0 Å². The third-order valence-corrected chi connectivity index (χ3v) is 1.73. The number of hydrogen-bond acceptors (Lipinski definition) is 2. The van der Waals surface area contributed by atoms with Gasteiger partial charge in [0.2, 0.25) is 0 Å². The molecule has 0 aromatic heterocycles. The number of rotatable bonds is 6. The number of nitrogens with two attached hydrogens (primary N) is 1. The van der Waals surface area contributed by atoms with Crippen molar-refractivity contribution in [3.8, 4) is 0 Å². The summed E-state index contributed by atoms with van der Waals surface area (Å²) in [4.78, 5) is 6.15. The first-order chi connectivity index (χ1) is 6.22. The third kappa shape index (κ3) is 6.40. The molecule has 2 N–H and O–H groups in total. The van der Waals surface area contributed by atoms with E-state index in [0.717, 1.165) is 32.5 Å². The minimum Gasteiger partial charge on any atom is -0.385 e. The first kappa shape index (κ1) is 12.2. The van der Waals surface area contributed by atoms with Crippen LogP contribution in [0.15, 0.2) is 4.99 Å². The second-order valence-corrected chi connectivity index (χ2v) is 3.01. The molecule has 0 aliphatic rings. The molecule has 13 heavy (non-hydrogen) atoms. The van der Waals surface area contributed by atoms with Crippen LogP contribution in [0.5, 0.6) is 0 Å². The van der Waals surface area contributed by atoms with E-state index in [4.69, 9.17) is 10.5 Å². The average molecular weight is 187 g/mol. The van der Waals surface area contributed by atoms with Crippen LogP contribution in [0.3, 0.4) is 0 Å². The van der Waals surface area contributed by atoms with E-state index in [1.54, 1.807) is 7.11 Å². The van der Waals surface area contributed by atoms with Crippen molar-refractivity contribution in [3.05, 3.63) is 0 Å². The summed E-state index contributed by atoms with van der Waals surface area (Å²) in [7, 11) is 3.65. The van der Waals surface area contributed by atoms with E-state index in [1.165, 1.54) is 0 Å². The quantitative estimate of drug-likeness (QED) is 0.378. The number of hydrogen-bond donors (Lipinski definition) is 1. The lowest BCUT2D eigenvalue weighted by Gasteiger charge is -2.17. The number of aliphatic imine (C=N–C) groups is 1. The van der Waals surface area contributed by atoms with Crippen molar-refractivity contribution in [2.24, 2.45) is 10.7 Å². The van der Waals surface area contributed by atoms with E-state index in [9.17, 15) is 0 Å². The predicted octanol–water partition coefficient (Wildman–Crippen LogP) is 0.679. The van der Waals surface area contributed by atoms with Crippen molar-refractivity contribution >= 4 is 5.96 Å². The molecule has 78 valence electrons. The van der Waals surface area contributed by atoms with Crippen LogP contribution in [0.4, 0.5) is 0 Å². The van der Waals surface area contributed by atoms with E-state index in [0.29, 0.717) is 5.96 Å². The normalized spacial score (nSPS) is 11.8. The molecule has 0 bridgehead atoms. The molecular weight excluding hydrogens is 166 g/mol. The van der Waals surface area contributed by atoms with Gasteiger partial charge >= 0.3 is 0 Å². The molecule has 0 saturated carbocycles. The van der Waals surface area contributed by atoms with Crippen LogP contribution in [0, 0.1) is 0 Å². The molecule has 0 rings (SSSR count). The van der Waals surface area contributed by atoms with Crippen LogP contribution in [-0.4, -0.2) is 44.7 Å². The largest absolute Gasteiger partial charge is 0.385 e. The maximum Gasteiger partial charge on any atom is 0.190 e. The second kappa shape index (κ2) is 7.86. The molecule has 4 nitrogen and oxygen atoms in total. The molecular formula is C9H21N3O. The Morgan fingerprint density at radius 2 is 2.23 bits per heavy atom. The van der Waals surface area contributed by atoms with Gasteiger partial charge in [0.15, 0.2) is 5.96 Å². The van der Waals surface area contributed by atoms with E-state index in [1.807, 2.05) is 11.9 Å². The predicted molar refractivity (Wildman–Crippen MR) is 55.9 cm³/mol. The second-order valence-electron chi connectivity index (χ2n) is 3.01. The molecule has 0 saturated heterocycles. The van der Waals surface area contributed by atoms with Crippen LogP contribution < -0.4 is 5.73 Å². The summed E-state index contributed by atoms with van der Waals surface area (Å²) in [5, 5.41) is 0. The lowest BCUT2D eigenvalue weighted by Crippen LogP contribution is -2.35. The van der Waals surface area contributed by atoms with E-state index in [2.05, 4.69) is 11.9 Å². The zero-order chi connectivity index (χ0) is 10.1. The number of nitrogens with zero attached hydrogens (tertiary/aromatic N) is 2. The minimum absolute atomic E-state index is 0.623. The van der Waals surface area contributed by atoms with Gasteiger partial charge in [-0.1, -0.05) is 6.92 Å². The molecule has 0 heterocycles. The van der Waals surface area contributed by atoms with Crippen LogP contribution in [0.2, 0.25) is 0 Å². The average Bonchev–Trinajstić information content (AvgIpc) is 2.14. The van der Waals surface area contributed by atoms with Crippen molar-refractivity contribution in [2.45, 2.75) is 19.8 Å². The lowest BCUT2D eigenvalue weighted by molar-refractivity contribution is 0.188. The van der Waals surface area contributed by atoms with Gasteiger partial charge in [-0.05, 0) is 12.8 Å². The Morgan fingerprint density at radius 3 is 2.77 bits per heavy atom. The monoisotopic (exact) mass is 187 g/mol. The van der Waals surface area contributed by atoms with Crippen LogP contribution >= 0.6 is 0 Å². The third-order valence-electron chi connectivity index (χ3n) is 1.73. The van der Waals surface area contributed by atoms with Gasteiger partial charge in [-0.3, -0.25) is 4.99 Å². The fourth-order valence-corrected chi connectivity index (χ4v) is 0.908. The minimum atomic E-state index is 0.623. The van der Waals surface area contributed by atoms with E-state index < -0.39 is 0 Å². The Morgan fingerprint density at radius 1 is 1.54 bits per heavy atom. The smallest absolute Gasteiger partial charge is 0.190 e. The summed E-state index contributed by atoms with van der Waals surface area (Å²) >= 11 is 0. The molecule has 0 aromatic rings. The molecule has 0 aromatic carbocycles. The van der Waals surface area contributed by atoms with Crippen LogP contribution in [-0.2, 0) is 4.74 Å². The Labute approximate surface area is 80.8 Å². The Balaban J connectivity index is 3.61. The maximum atomic E-state index is 5.72. The summed E-state index contributed by atoms with van der Waals surface area (Å²) in [5.41, 5.74) is 5.72. The summed E-state index contributed by atoms with van der Waals surface area (Å²) in [6.07, 6.45) is 2.02. The molecule has 0 spiro atoms. The first-order valence-electron chi connectivity index (χ1n) is 4.72. The molecule has 0 aliphatic heterocycles. The van der Waals surface area contributed by atoms with Gasteiger partial charge in [-0.25, -0.2) is 0 Å². The molecule has 0 radical (unpaired) electrons. The van der Waals surface area contributed by atoms with Crippen molar-refractivity contribution in [3.63, 3.8) is 0 Å². The molecule has 0 fully saturated rings. The first-order valence-corrected chi connectivity index (χ1v) is 4.72. The molecule has 0 atom stereocenters. The molecule has 0 aliphatic carbocycles. The van der Waals surface area contributed by atoms with Gasteiger partial charge in [0, 0.05) is 33.9 Å². The summed E-state index contributed by atoms with van der Waals surface area (Å²) in [6, 6.07) is 0. The SMILES string of the molecule is CCCN=C(N)N(C)CCCOC. The van der Waals surface area contributed by atoms with Gasteiger partial charge in [0.05, 0.1) is 0 Å². The van der Waals surface area contributed by atoms with E-state index in [-0.39, 0.29) is 0 Å². The van der Waals surface area contributed by atoms with E-state index >= 15 is 0 Å². The molecule has 0 unspecified atom stereocenters. The van der Waals surface area contributed by atoms with Crippen molar-refractivity contribution in [2.75, 3.05) is 33.9 Å². The fraction of sp³-hybridized carbons (Fsp3) is 0.889. The van der Waals surface area contributed by atoms with Crippen LogP contribution in [0.1, 0.15) is 19.8 Å². The lowest BCUT2D eigenvalue weighted by atomic mass is 10.4. The molecule has 4 heteroatoms. The Kier molecular flexibility index (Phi) is 7.39. The van der Waals surface area contributed by atoms with Gasteiger partial charge in [-0.15, -0.1) is 0 Å². The van der Waals surface area contributed by atoms with Gasteiger partial charge in [-0.2, -0.15) is 0 Å². The zero-order valence-corrected chi connectivity index (χ0v) is 8.92.